The quantitative estimate of drug-likeness (QED) is 0.867. The Hall–Kier alpha value is -1.58. The van der Waals surface area contributed by atoms with E-state index in [9.17, 15) is 13.2 Å². The number of rotatable bonds is 5. The fourth-order valence-corrected chi connectivity index (χ4v) is 4.15. The van der Waals surface area contributed by atoms with Crippen LogP contribution in [0.25, 0.3) is 0 Å². The smallest absolute Gasteiger partial charge is 0.325 e. The first-order valence-corrected chi connectivity index (χ1v) is 7.99. The van der Waals surface area contributed by atoms with E-state index in [1.807, 2.05) is 0 Å². The van der Waals surface area contributed by atoms with Gasteiger partial charge in [-0.3, -0.25) is 14.2 Å². The summed E-state index contributed by atoms with van der Waals surface area (Å²) in [6.45, 7) is 1.37. The van der Waals surface area contributed by atoms with E-state index in [1.54, 1.807) is 6.92 Å². The number of halogens is 1. The Kier molecular flexibility index (Phi) is 4.02. The minimum absolute atomic E-state index is 0.0889. The van der Waals surface area contributed by atoms with Gasteiger partial charge in [0.2, 0.25) is 0 Å². The topological polar surface area (TPSA) is 101 Å². The maximum Gasteiger partial charge on any atom is 0.325 e. The van der Waals surface area contributed by atoms with Crippen molar-refractivity contribution in [1.29, 1.82) is 0 Å². The lowest BCUT2D eigenvalue weighted by molar-refractivity contribution is -0.137. The van der Waals surface area contributed by atoms with Crippen LogP contribution in [0.4, 0.5) is 5.69 Å². The molecule has 2 N–H and O–H groups in total. The number of hydrogen-bond donors (Lipinski definition) is 2. The molecule has 108 valence electrons. The van der Waals surface area contributed by atoms with Crippen LogP contribution in [0.5, 0.6) is 0 Å². The van der Waals surface area contributed by atoms with Crippen LogP contribution in [0.2, 0.25) is 4.34 Å². The summed E-state index contributed by atoms with van der Waals surface area (Å²) in [7, 11) is -3.75. The molecule has 0 aliphatic rings. The van der Waals surface area contributed by atoms with Crippen LogP contribution >= 0.6 is 22.9 Å². The summed E-state index contributed by atoms with van der Waals surface area (Å²) >= 11 is 6.80. The number of aliphatic carboxylic acids is 1. The summed E-state index contributed by atoms with van der Waals surface area (Å²) < 4.78 is 28.1. The zero-order valence-corrected chi connectivity index (χ0v) is 12.6. The molecule has 0 unspecified atom stereocenters. The first kappa shape index (κ1) is 14.8. The Morgan fingerprint density at radius 3 is 2.85 bits per heavy atom. The summed E-state index contributed by atoms with van der Waals surface area (Å²) in [5.74, 6) is -1.07. The van der Waals surface area contributed by atoms with E-state index in [4.69, 9.17) is 16.7 Å². The van der Waals surface area contributed by atoms with Gasteiger partial charge in [-0.1, -0.05) is 11.6 Å². The number of carboxylic acids is 1. The minimum atomic E-state index is -3.75. The van der Waals surface area contributed by atoms with Crippen LogP contribution < -0.4 is 4.72 Å². The van der Waals surface area contributed by atoms with Crippen molar-refractivity contribution in [3.05, 3.63) is 28.4 Å². The molecule has 0 amide bonds. The molecule has 0 saturated carbocycles. The molecule has 2 aromatic heterocycles. The van der Waals surface area contributed by atoms with Gasteiger partial charge in [0.05, 0.1) is 16.2 Å². The number of nitrogens with zero attached hydrogens (tertiary/aromatic N) is 2. The van der Waals surface area contributed by atoms with Crippen molar-refractivity contribution in [2.75, 3.05) is 4.72 Å². The number of carbonyl (C=O) groups is 1. The summed E-state index contributed by atoms with van der Waals surface area (Å²) in [4.78, 5) is 10.5. The molecule has 2 heterocycles. The molecule has 7 nitrogen and oxygen atoms in total. The highest BCUT2D eigenvalue weighted by atomic mass is 35.5. The van der Waals surface area contributed by atoms with Crippen molar-refractivity contribution in [3.8, 4) is 0 Å². The Bertz CT molecular complexity index is 731. The van der Waals surface area contributed by atoms with E-state index < -0.39 is 16.0 Å². The predicted octanol–water partition coefficient (Wildman–Crippen LogP) is 1.79. The third-order valence-corrected chi connectivity index (χ3v) is 5.69. The van der Waals surface area contributed by atoms with Gasteiger partial charge < -0.3 is 5.11 Å². The Balaban J connectivity index is 2.20. The fourth-order valence-electron chi connectivity index (χ4n) is 1.41. The zero-order valence-electron chi connectivity index (χ0n) is 10.2. The van der Waals surface area contributed by atoms with Gasteiger partial charge >= 0.3 is 5.97 Å². The van der Waals surface area contributed by atoms with Gasteiger partial charge in [0, 0.05) is 6.20 Å². The molecule has 0 spiro atoms. The van der Waals surface area contributed by atoms with Crippen molar-refractivity contribution in [2.24, 2.45) is 0 Å². The average molecular weight is 336 g/mol. The van der Waals surface area contributed by atoms with Gasteiger partial charge in [-0.05, 0) is 18.6 Å². The van der Waals surface area contributed by atoms with Gasteiger partial charge in [-0.25, -0.2) is 8.42 Å². The third kappa shape index (κ3) is 3.30. The van der Waals surface area contributed by atoms with Crippen molar-refractivity contribution < 1.29 is 18.3 Å². The normalized spacial score (nSPS) is 11.5. The Labute approximate surface area is 123 Å². The van der Waals surface area contributed by atoms with E-state index >= 15 is 0 Å². The number of nitrogens with one attached hydrogen (secondary N) is 1. The Morgan fingerprint density at radius 2 is 2.30 bits per heavy atom. The second kappa shape index (κ2) is 5.43. The standard InChI is InChI=1S/C10H10ClN3O4S2/c1-6-2-9(19-10(6)11)20(17,18)13-7-3-12-14(4-7)5-8(15)16/h2-4,13H,5H2,1H3,(H,15,16). The molecule has 0 fully saturated rings. The molecule has 10 heteroatoms. The number of carboxylic acid groups (broad SMARTS) is 1. The highest BCUT2D eigenvalue weighted by Crippen LogP contribution is 2.31. The lowest BCUT2D eigenvalue weighted by Gasteiger charge is -2.02. The maximum atomic E-state index is 12.1. The molecule has 2 rings (SSSR count). The van der Waals surface area contributed by atoms with Gasteiger partial charge in [-0.15, -0.1) is 11.3 Å². The molecule has 0 aliphatic heterocycles. The van der Waals surface area contributed by atoms with E-state index in [0.717, 1.165) is 16.0 Å². The molecular formula is C10H10ClN3O4S2. The summed E-state index contributed by atoms with van der Waals surface area (Å²) in [5.41, 5.74) is 0.868. The minimum Gasteiger partial charge on any atom is -0.480 e. The number of hydrogen-bond acceptors (Lipinski definition) is 5. The van der Waals surface area contributed by atoms with Crippen molar-refractivity contribution in [2.45, 2.75) is 17.7 Å². The van der Waals surface area contributed by atoms with Crippen LogP contribution in [0.3, 0.4) is 0 Å². The van der Waals surface area contributed by atoms with Crippen molar-refractivity contribution in [1.82, 2.24) is 9.78 Å². The summed E-state index contributed by atoms with van der Waals surface area (Å²) in [5, 5.41) is 12.4. The number of sulfonamides is 1. The van der Waals surface area contributed by atoms with E-state index in [2.05, 4.69) is 9.82 Å². The second-order valence-electron chi connectivity index (χ2n) is 3.95. The second-order valence-corrected chi connectivity index (χ2v) is 7.51. The number of aromatic nitrogens is 2. The highest BCUT2D eigenvalue weighted by Gasteiger charge is 2.19. The lowest BCUT2D eigenvalue weighted by Crippen LogP contribution is -2.11. The largest absolute Gasteiger partial charge is 0.480 e. The van der Waals surface area contributed by atoms with Crippen LogP contribution in [-0.4, -0.2) is 29.3 Å². The predicted molar refractivity (Wildman–Crippen MR) is 74.7 cm³/mol. The van der Waals surface area contributed by atoms with Crippen LogP contribution in [0.15, 0.2) is 22.7 Å². The van der Waals surface area contributed by atoms with Gasteiger partial charge in [0.25, 0.3) is 10.0 Å². The van der Waals surface area contributed by atoms with Gasteiger partial charge in [0.15, 0.2) is 0 Å². The van der Waals surface area contributed by atoms with Crippen molar-refractivity contribution in [3.63, 3.8) is 0 Å². The average Bonchev–Trinajstić information content (AvgIpc) is 2.86. The van der Waals surface area contributed by atoms with E-state index in [-0.39, 0.29) is 16.4 Å². The first-order valence-electron chi connectivity index (χ1n) is 5.31. The first-order chi connectivity index (χ1) is 9.28. The van der Waals surface area contributed by atoms with Gasteiger partial charge in [-0.2, -0.15) is 5.10 Å². The molecule has 0 atom stereocenters. The number of aryl methyl sites for hydroxylation is 1. The molecule has 0 aromatic carbocycles. The molecule has 0 aliphatic carbocycles. The van der Waals surface area contributed by atoms with E-state index in [1.165, 1.54) is 18.5 Å². The van der Waals surface area contributed by atoms with Crippen LogP contribution in [-0.2, 0) is 21.4 Å². The zero-order chi connectivity index (χ0) is 14.9. The molecule has 2 aromatic rings. The highest BCUT2D eigenvalue weighted by molar-refractivity contribution is 7.94. The van der Waals surface area contributed by atoms with Gasteiger partial charge in [0.1, 0.15) is 10.8 Å². The Morgan fingerprint density at radius 1 is 1.60 bits per heavy atom. The van der Waals surface area contributed by atoms with Crippen molar-refractivity contribution >= 4 is 44.6 Å². The SMILES string of the molecule is Cc1cc(S(=O)(=O)Nc2cnn(CC(=O)O)c2)sc1Cl. The van der Waals surface area contributed by atoms with Crippen LogP contribution in [0.1, 0.15) is 5.56 Å². The number of anilines is 1. The molecule has 0 radical (unpaired) electrons. The van der Waals surface area contributed by atoms with Crippen LogP contribution in [0, 0.1) is 6.92 Å². The number of thiophene rings is 1. The molecule has 0 bridgehead atoms. The molecule has 0 saturated heterocycles. The maximum absolute atomic E-state index is 12.1. The van der Waals surface area contributed by atoms with E-state index in [0.29, 0.717) is 9.90 Å². The summed E-state index contributed by atoms with van der Waals surface area (Å²) in [6, 6.07) is 1.47. The molecule has 20 heavy (non-hydrogen) atoms. The fraction of sp³-hybridized carbons (Fsp3) is 0.200. The lowest BCUT2D eigenvalue weighted by atomic mass is 10.4. The monoisotopic (exact) mass is 335 g/mol. The third-order valence-electron chi connectivity index (χ3n) is 2.28. The summed E-state index contributed by atoms with van der Waals surface area (Å²) in [6.07, 6.45) is 2.54. The molecular weight excluding hydrogens is 326 g/mol.